The molecule has 0 radical (unpaired) electrons. The van der Waals surface area contributed by atoms with Crippen molar-refractivity contribution in [3.05, 3.63) is 23.9 Å². The van der Waals surface area contributed by atoms with E-state index in [9.17, 15) is 4.79 Å². The molecular weight excluding hydrogens is 242 g/mol. The van der Waals surface area contributed by atoms with Crippen molar-refractivity contribution in [2.75, 3.05) is 31.1 Å². The van der Waals surface area contributed by atoms with Gasteiger partial charge in [-0.25, -0.2) is 4.98 Å². The molecule has 1 spiro atoms. The van der Waals surface area contributed by atoms with Crippen molar-refractivity contribution in [1.29, 1.82) is 0 Å². The third kappa shape index (κ3) is 2.35. The number of hydrogen-bond donors (Lipinski definition) is 1. The maximum Gasteiger partial charge on any atom is 0.254 e. The minimum atomic E-state index is -0.191. The van der Waals surface area contributed by atoms with Crippen LogP contribution >= 0.6 is 0 Å². The maximum atomic E-state index is 12.1. The number of anilines is 1. The number of hydrogen-bond acceptors (Lipinski definition) is 4. The van der Waals surface area contributed by atoms with Crippen molar-refractivity contribution >= 4 is 11.7 Å². The van der Waals surface area contributed by atoms with Crippen LogP contribution in [0.15, 0.2) is 18.3 Å². The first-order valence-electron chi connectivity index (χ1n) is 6.77. The van der Waals surface area contributed by atoms with Crippen molar-refractivity contribution in [1.82, 2.24) is 10.3 Å². The Morgan fingerprint density at radius 3 is 2.95 bits per heavy atom. The summed E-state index contributed by atoms with van der Waals surface area (Å²) >= 11 is 0. The second-order valence-electron chi connectivity index (χ2n) is 5.35. The van der Waals surface area contributed by atoms with Gasteiger partial charge in [0, 0.05) is 6.20 Å². The van der Waals surface area contributed by atoms with Crippen LogP contribution in [0.2, 0.25) is 0 Å². The Bertz CT molecular complexity index is 483. The molecule has 0 atom stereocenters. The van der Waals surface area contributed by atoms with Gasteiger partial charge in [-0.1, -0.05) is 6.07 Å². The van der Waals surface area contributed by atoms with E-state index in [0.29, 0.717) is 6.54 Å². The molecule has 0 saturated carbocycles. The van der Waals surface area contributed by atoms with Crippen LogP contribution < -0.4 is 10.2 Å². The molecular formula is C14H19N3O2. The van der Waals surface area contributed by atoms with E-state index in [1.807, 2.05) is 19.1 Å². The Labute approximate surface area is 113 Å². The summed E-state index contributed by atoms with van der Waals surface area (Å²) in [6.07, 6.45) is 3.63. The van der Waals surface area contributed by atoms with Gasteiger partial charge in [-0.05, 0) is 44.5 Å². The van der Waals surface area contributed by atoms with Gasteiger partial charge in [0.2, 0.25) is 0 Å². The van der Waals surface area contributed by atoms with E-state index in [1.54, 1.807) is 11.1 Å². The summed E-state index contributed by atoms with van der Waals surface area (Å²) in [4.78, 5) is 18.3. The number of morpholine rings is 1. The first-order valence-corrected chi connectivity index (χ1v) is 6.77. The van der Waals surface area contributed by atoms with Crippen LogP contribution in [0.25, 0.3) is 0 Å². The fraction of sp³-hybridized carbons (Fsp3) is 0.571. The fourth-order valence-electron chi connectivity index (χ4n) is 2.85. The van der Waals surface area contributed by atoms with Crippen molar-refractivity contribution < 1.29 is 9.53 Å². The lowest BCUT2D eigenvalue weighted by Crippen LogP contribution is -2.58. The van der Waals surface area contributed by atoms with E-state index in [0.717, 1.165) is 37.3 Å². The predicted molar refractivity (Wildman–Crippen MR) is 72.1 cm³/mol. The molecule has 0 unspecified atom stereocenters. The number of ether oxygens (including phenoxy) is 1. The fourth-order valence-corrected chi connectivity index (χ4v) is 2.85. The molecule has 3 heterocycles. The normalized spacial score (nSPS) is 22.8. The van der Waals surface area contributed by atoms with Gasteiger partial charge >= 0.3 is 0 Å². The number of piperidine rings is 1. The molecule has 3 rings (SSSR count). The van der Waals surface area contributed by atoms with E-state index in [1.165, 1.54) is 0 Å². The van der Waals surface area contributed by atoms with E-state index < -0.39 is 0 Å². The zero-order valence-corrected chi connectivity index (χ0v) is 11.2. The number of nitrogens with zero attached hydrogens (tertiary/aromatic N) is 2. The average Bonchev–Trinajstić information content (AvgIpc) is 2.44. The van der Waals surface area contributed by atoms with E-state index in [-0.39, 0.29) is 18.1 Å². The van der Waals surface area contributed by atoms with Crippen LogP contribution in [-0.2, 0) is 9.53 Å². The zero-order chi connectivity index (χ0) is 13.3. The molecule has 2 aliphatic rings. The summed E-state index contributed by atoms with van der Waals surface area (Å²) in [7, 11) is 0. The number of carbonyl (C=O) groups is 1. The Hall–Kier alpha value is -1.46. The van der Waals surface area contributed by atoms with Crippen LogP contribution in [0.3, 0.4) is 0 Å². The summed E-state index contributed by atoms with van der Waals surface area (Å²) in [6.45, 7) is 4.66. The van der Waals surface area contributed by atoms with Gasteiger partial charge in [0.05, 0.1) is 12.1 Å². The van der Waals surface area contributed by atoms with E-state index in [4.69, 9.17) is 4.74 Å². The van der Waals surface area contributed by atoms with Crippen LogP contribution in [0.1, 0.15) is 18.4 Å². The summed E-state index contributed by atoms with van der Waals surface area (Å²) in [6, 6.07) is 3.88. The first-order chi connectivity index (χ1) is 9.20. The molecule has 5 heteroatoms. The first kappa shape index (κ1) is 12.6. The molecule has 1 aromatic heterocycles. The standard InChI is InChI=1S/C14H19N3O2/c1-11-3-2-6-16-13(11)17-10-14(19-9-12(17)18)4-7-15-8-5-14/h2-3,6,15H,4-5,7-10H2,1H3. The predicted octanol–water partition coefficient (Wildman–Crippen LogP) is 0.875. The molecule has 19 heavy (non-hydrogen) atoms. The minimum absolute atomic E-state index is 0.00552. The molecule has 5 nitrogen and oxygen atoms in total. The quantitative estimate of drug-likeness (QED) is 0.815. The number of aromatic nitrogens is 1. The monoisotopic (exact) mass is 261 g/mol. The molecule has 2 fully saturated rings. The van der Waals surface area contributed by atoms with Crippen LogP contribution in [0, 0.1) is 6.92 Å². The molecule has 1 N–H and O–H groups in total. The summed E-state index contributed by atoms with van der Waals surface area (Å²) < 4.78 is 5.85. The van der Waals surface area contributed by atoms with Crippen LogP contribution in [0.5, 0.6) is 0 Å². The third-order valence-corrected chi connectivity index (χ3v) is 4.00. The second kappa shape index (κ2) is 4.90. The van der Waals surface area contributed by atoms with Gasteiger partial charge in [-0.15, -0.1) is 0 Å². The van der Waals surface area contributed by atoms with Gasteiger partial charge < -0.3 is 10.1 Å². The highest BCUT2D eigenvalue weighted by Gasteiger charge is 2.41. The highest BCUT2D eigenvalue weighted by atomic mass is 16.5. The lowest BCUT2D eigenvalue weighted by atomic mass is 9.90. The molecule has 1 aromatic rings. The molecule has 0 bridgehead atoms. The average molecular weight is 261 g/mol. The van der Waals surface area contributed by atoms with Gasteiger partial charge in [0.1, 0.15) is 12.4 Å². The largest absolute Gasteiger partial charge is 0.363 e. The summed E-state index contributed by atoms with van der Waals surface area (Å²) in [5.41, 5.74) is 0.838. The Morgan fingerprint density at radius 2 is 2.21 bits per heavy atom. The van der Waals surface area contributed by atoms with Gasteiger partial charge in [0.15, 0.2) is 0 Å². The Morgan fingerprint density at radius 1 is 1.42 bits per heavy atom. The number of aryl methyl sites for hydroxylation is 1. The number of amides is 1. The molecule has 0 aromatic carbocycles. The molecule has 2 aliphatic heterocycles. The molecule has 102 valence electrons. The zero-order valence-electron chi connectivity index (χ0n) is 11.2. The second-order valence-corrected chi connectivity index (χ2v) is 5.35. The lowest BCUT2D eigenvalue weighted by molar-refractivity contribution is -0.141. The Balaban J connectivity index is 1.87. The van der Waals surface area contributed by atoms with Crippen LogP contribution in [-0.4, -0.2) is 42.7 Å². The minimum Gasteiger partial charge on any atom is -0.363 e. The van der Waals surface area contributed by atoms with Gasteiger partial charge in [0.25, 0.3) is 5.91 Å². The lowest BCUT2D eigenvalue weighted by Gasteiger charge is -2.44. The van der Waals surface area contributed by atoms with Crippen molar-refractivity contribution in [3.63, 3.8) is 0 Å². The van der Waals surface area contributed by atoms with E-state index in [2.05, 4.69) is 10.3 Å². The maximum absolute atomic E-state index is 12.1. The number of rotatable bonds is 1. The molecule has 1 amide bonds. The summed E-state index contributed by atoms with van der Waals surface area (Å²) in [5.74, 6) is 0.777. The molecule has 2 saturated heterocycles. The van der Waals surface area contributed by atoms with Crippen LogP contribution in [0.4, 0.5) is 5.82 Å². The number of nitrogens with one attached hydrogen (secondary N) is 1. The van der Waals surface area contributed by atoms with Gasteiger partial charge in [-0.2, -0.15) is 0 Å². The topological polar surface area (TPSA) is 54.5 Å². The molecule has 0 aliphatic carbocycles. The Kier molecular flexibility index (Phi) is 3.24. The number of carbonyl (C=O) groups excluding carboxylic acids is 1. The van der Waals surface area contributed by atoms with Crippen molar-refractivity contribution in [2.45, 2.75) is 25.4 Å². The van der Waals surface area contributed by atoms with Crippen molar-refractivity contribution in [3.8, 4) is 0 Å². The third-order valence-electron chi connectivity index (χ3n) is 4.00. The highest BCUT2D eigenvalue weighted by Crippen LogP contribution is 2.30. The SMILES string of the molecule is Cc1cccnc1N1CC2(CCNCC2)OCC1=O. The summed E-state index contributed by atoms with van der Waals surface area (Å²) in [5, 5.41) is 3.33. The van der Waals surface area contributed by atoms with Gasteiger partial charge in [-0.3, -0.25) is 9.69 Å². The number of pyridine rings is 1. The van der Waals surface area contributed by atoms with Crippen molar-refractivity contribution in [2.24, 2.45) is 0 Å². The smallest absolute Gasteiger partial charge is 0.254 e. The highest BCUT2D eigenvalue weighted by molar-refractivity contribution is 5.94. The van der Waals surface area contributed by atoms with E-state index >= 15 is 0 Å².